The van der Waals surface area contributed by atoms with Crippen molar-refractivity contribution in [2.75, 3.05) is 13.1 Å². The average molecular weight is 243 g/mol. The molecule has 0 radical (unpaired) electrons. The number of hydrogen-bond donors (Lipinski definition) is 1. The Morgan fingerprint density at radius 3 is 2.81 bits per heavy atom. The number of amides is 1. The summed E-state index contributed by atoms with van der Waals surface area (Å²) >= 11 is 1.38. The van der Waals surface area contributed by atoms with Crippen molar-refractivity contribution in [1.82, 2.24) is 4.90 Å². The molecule has 1 atom stereocenters. The predicted octanol–water partition coefficient (Wildman–Crippen LogP) is 1.39. The maximum absolute atomic E-state index is 13.7. The summed E-state index contributed by atoms with van der Waals surface area (Å²) in [6.45, 7) is -0.214. The Morgan fingerprint density at radius 1 is 1.56 bits per heavy atom. The van der Waals surface area contributed by atoms with Crippen LogP contribution in [0.25, 0.3) is 0 Å². The highest BCUT2D eigenvalue weighted by Gasteiger charge is 2.46. The van der Waals surface area contributed by atoms with Gasteiger partial charge in [-0.1, -0.05) is 0 Å². The number of aliphatic carboxylic acids is 1. The second kappa shape index (κ2) is 3.86. The Bertz CT molecular complexity index is 420. The molecular formula is C10H10FNO3S. The molecule has 86 valence electrons. The van der Waals surface area contributed by atoms with Gasteiger partial charge >= 0.3 is 5.97 Å². The van der Waals surface area contributed by atoms with Crippen LogP contribution in [0.4, 0.5) is 4.39 Å². The van der Waals surface area contributed by atoms with Gasteiger partial charge in [0.25, 0.3) is 5.91 Å². The zero-order chi connectivity index (χ0) is 11.8. The Balaban J connectivity index is 2.10. The van der Waals surface area contributed by atoms with Crippen LogP contribution in [0.5, 0.6) is 0 Å². The zero-order valence-electron chi connectivity index (χ0n) is 8.35. The first-order valence-electron chi connectivity index (χ1n) is 4.77. The molecule has 1 saturated heterocycles. The number of alkyl halides is 1. The molecule has 0 spiro atoms. The number of likely N-dealkylation sites (tertiary alicyclic amines) is 1. The van der Waals surface area contributed by atoms with Crippen molar-refractivity contribution in [2.45, 2.75) is 12.1 Å². The Labute approximate surface area is 95.3 Å². The smallest absolute Gasteiger partial charge is 0.343 e. The van der Waals surface area contributed by atoms with Crippen LogP contribution in [0.3, 0.4) is 0 Å². The third-order valence-electron chi connectivity index (χ3n) is 2.66. The van der Waals surface area contributed by atoms with Crippen molar-refractivity contribution >= 4 is 23.2 Å². The summed E-state index contributed by atoms with van der Waals surface area (Å²) in [6.07, 6.45) is -0.141. The lowest BCUT2D eigenvalue weighted by atomic mass is 10.1. The lowest BCUT2D eigenvalue weighted by Gasteiger charge is -2.16. The number of nitrogens with zero attached hydrogens (tertiary/aromatic N) is 1. The van der Waals surface area contributed by atoms with E-state index in [1.807, 2.05) is 0 Å². The standard InChI is InChI=1S/C10H10FNO3S/c11-10(9(14)15)2-3-12(6-10)8(13)7-1-4-16-5-7/h1,4-5H,2-3,6H2,(H,14,15). The van der Waals surface area contributed by atoms with Crippen LogP contribution in [-0.4, -0.2) is 40.6 Å². The minimum atomic E-state index is -2.29. The molecule has 1 aromatic rings. The van der Waals surface area contributed by atoms with Crippen LogP contribution < -0.4 is 0 Å². The fourth-order valence-electron chi connectivity index (χ4n) is 1.69. The first-order chi connectivity index (χ1) is 7.53. The number of rotatable bonds is 2. The van der Waals surface area contributed by atoms with E-state index in [1.165, 1.54) is 16.2 Å². The zero-order valence-corrected chi connectivity index (χ0v) is 9.17. The van der Waals surface area contributed by atoms with E-state index >= 15 is 0 Å². The largest absolute Gasteiger partial charge is 0.479 e. The molecule has 2 heterocycles. The normalized spacial score (nSPS) is 24.7. The number of carboxylic acid groups (broad SMARTS) is 1. The topological polar surface area (TPSA) is 57.6 Å². The fraction of sp³-hybridized carbons (Fsp3) is 0.400. The van der Waals surface area contributed by atoms with E-state index in [1.54, 1.807) is 16.8 Å². The highest BCUT2D eigenvalue weighted by molar-refractivity contribution is 7.08. The molecule has 0 saturated carbocycles. The van der Waals surface area contributed by atoms with Crippen LogP contribution in [0, 0.1) is 0 Å². The maximum atomic E-state index is 13.7. The number of carbonyl (C=O) groups is 2. The molecule has 0 aliphatic carbocycles. The number of thiophene rings is 1. The van der Waals surface area contributed by atoms with Crippen LogP contribution in [0.2, 0.25) is 0 Å². The second-order valence-electron chi connectivity index (χ2n) is 3.76. The minimum Gasteiger partial charge on any atom is -0.479 e. The molecule has 1 aliphatic rings. The third kappa shape index (κ3) is 1.80. The summed E-state index contributed by atoms with van der Waals surface area (Å²) in [4.78, 5) is 23.7. The van der Waals surface area contributed by atoms with Crippen LogP contribution in [-0.2, 0) is 4.79 Å². The quantitative estimate of drug-likeness (QED) is 0.853. The predicted molar refractivity (Wildman–Crippen MR) is 56.3 cm³/mol. The summed E-state index contributed by atoms with van der Waals surface area (Å²) < 4.78 is 13.7. The van der Waals surface area contributed by atoms with Gasteiger partial charge in [-0.05, 0) is 11.4 Å². The highest BCUT2D eigenvalue weighted by Crippen LogP contribution is 2.27. The third-order valence-corrected chi connectivity index (χ3v) is 3.34. The molecule has 1 aliphatic heterocycles. The minimum absolute atomic E-state index is 0.141. The molecule has 0 aromatic carbocycles. The van der Waals surface area contributed by atoms with Gasteiger partial charge in [-0.15, -0.1) is 0 Å². The second-order valence-corrected chi connectivity index (χ2v) is 4.54. The van der Waals surface area contributed by atoms with Crippen molar-refractivity contribution in [3.63, 3.8) is 0 Å². The summed E-state index contributed by atoms with van der Waals surface area (Å²) in [6, 6.07) is 1.64. The Kier molecular flexibility index (Phi) is 2.67. The summed E-state index contributed by atoms with van der Waals surface area (Å²) in [5.41, 5.74) is -1.80. The average Bonchev–Trinajstić information content (AvgIpc) is 2.85. The molecule has 2 rings (SSSR count). The SMILES string of the molecule is O=C(c1ccsc1)N1CCC(F)(C(=O)O)C1. The summed E-state index contributed by atoms with van der Waals surface area (Å²) in [7, 11) is 0. The van der Waals surface area contributed by atoms with Gasteiger partial charge in [-0.25, -0.2) is 9.18 Å². The first-order valence-corrected chi connectivity index (χ1v) is 5.71. The van der Waals surface area contributed by atoms with Crippen LogP contribution >= 0.6 is 11.3 Å². The van der Waals surface area contributed by atoms with Gasteiger partial charge in [0.1, 0.15) is 0 Å². The van der Waals surface area contributed by atoms with E-state index in [2.05, 4.69) is 0 Å². The first kappa shape index (κ1) is 11.1. The molecule has 0 bridgehead atoms. The van der Waals surface area contributed by atoms with Gasteiger partial charge in [0.05, 0.1) is 12.1 Å². The van der Waals surface area contributed by atoms with Gasteiger partial charge in [-0.3, -0.25) is 4.79 Å². The van der Waals surface area contributed by atoms with E-state index in [0.29, 0.717) is 5.56 Å². The molecule has 1 unspecified atom stereocenters. The van der Waals surface area contributed by atoms with Gasteiger partial charge in [0.15, 0.2) is 0 Å². The maximum Gasteiger partial charge on any atom is 0.343 e. The number of hydrogen-bond acceptors (Lipinski definition) is 3. The number of carbonyl (C=O) groups excluding carboxylic acids is 1. The Hall–Kier alpha value is -1.43. The molecule has 1 amide bonds. The number of halogens is 1. The lowest BCUT2D eigenvalue weighted by Crippen LogP contribution is -2.38. The fourth-order valence-corrected chi connectivity index (χ4v) is 2.32. The molecule has 4 nitrogen and oxygen atoms in total. The van der Waals surface area contributed by atoms with E-state index in [-0.39, 0.29) is 25.4 Å². The molecular weight excluding hydrogens is 233 g/mol. The van der Waals surface area contributed by atoms with Crippen molar-refractivity contribution in [3.05, 3.63) is 22.4 Å². The van der Waals surface area contributed by atoms with Gasteiger partial charge in [-0.2, -0.15) is 11.3 Å². The van der Waals surface area contributed by atoms with Gasteiger partial charge in [0.2, 0.25) is 5.67 Å². The van der Waals surface area contributed by atoms with E-state index in [4.69, 9.17) is 5.11 Å². The molecule has 16 heavy (non-hydrogen) atoms. The van der Waals surface area contributed by atoms with E-state index < -0.39 is 11.6 Å². The summed E-state index contributed by atoms with van der Waals surface area (Å²) in [5, 5.41) is 12.1. The van der Waals surface area contributed by atoms with Gasteiger partial charge in [0, 0.05) is 18.3 Å². The monoisotopic (exact) mass is 243 g/mol. The van der Waals surface area contributed by atoms with Gasteiger partial charge < -0.3 is 10.0 Å². The molecule has 1 N–H and O–H groups in total. The van der Waals surface area contributed by atoms with Crippen molar-refractivity contribution in [2.24, 2.45) is 0 Å². The van der Waals surface area contributed by atoms with Crippen molar-refractivity contribution < 1.29 is 19.1 Å². The summed E-state index contributed by atoms with van der Waals surface area (Å²) in [5.74, 6) is -1.80. The van der Waals surface area contributed by atoms with Crippen molar-refractivity contribution in [1.29, 1.82) is 0 Å². The van der Waals surface area contributed by atoms with Crippen LogP contribution in [0.15, 0.2) is 16.8 Å². The molecule has 1 fully saturated rings. The van der Waals surface area contributed by atoms with Crippen molar-refractivity contribution in [3.8, 4) is 0 Å². The molecule has 1 aromatic heterocycles. The van der Waals surface area contributed by atoms with E-state index in [9.17, 15) is 14.0 Å². The van der Waals surface area contributed by atoms with E-state index in [0.717, 1.165) is 0 Å². The lowest BCUT2D eigenvalue weighted by molar-refractivity contribution is -0.149. The number of carboxylic acids is 1. The molecule has 6 heteroatoms. The van der Waals surface area contributed by atoms with Crippen LogP contribution in [0.1, 0.15) is 16.8 Å². The highest BCUT2D eigenvalue weighted by atomic mass is 32.1. The Morgan fingerprint density at radius 2 is 2.31 bits per heavy atom.